The van der Waals surface area contributed by atoms with E-state index in [4.69, 9.17) is 4.74 Å². The van der Waals surface area contributed by atoms with Gasteiger partial charge in [-0.1, -0.05) is 38.8 Å². The molecule has 3 aromatic carbocycles. The van der Waals surface area contributed by atoms with Crippen molar-refractivity contribution in [2.24, 2.45) is 4.99 Å². The van der Waals surface area contributed by atoms with Crippen LogP contribution in [0.25, 0.3) is 0 Å². The summed E-state index contributed by atoms with van der Waals surface area (Å²) in [5.41, 5.74) is 3.88. The Bertz CT molecular complexity index is 1070. The number of anilines is 1. The number of carbonyl (C=O) groups is 1. The van der Waals surface area contributed by atoms with Crippen LogP contribution < -0.4 is 10.1 Å². The molecule has 6 heteroatoms. The third-order valence-corrected chi connectivity index (χ3v) is 5.39. The molecule has 4 rings (SSSR count). The van der Waals surface area contributed by atoms with E-state index < -0.39 is 0 Å². The molecule has 0 unspecified atom stereocenters. The molecule has 0 fully saturated rings. The van der Waals surface area contributed by atoms with Gasteiger partial charge in [-0.25, -0.2) is 4.99 Å². The van der Waals surface area contributed by atoms with E-state index in [1.807, 2.05) is 60.7 Å². The average Bonchev–Trinajstić information content (AvgIpc) is 3.00. The number of hydrogen-bond acceptors (Lipinski definition) is 3. The molecule has 0 spiro atoms. The first kappa shape index (κ1) is 18.9. The van der Waals surface area contributed by atoms with Gasteiger partial charge in [-0.3, -0.25) is 4.79 Å². The normalized spacial score (nSPS) is 14.1. The minimum Gasteiger partial charge on any atom is -0.457 e. The van der Waals surface area contributed by atoms with Gasteiger partial charge in [-0.15, -0.1) is 0 Å². The lowest BCUT2D eigenvalue weighted by molar-refractivity contribution is -0.110. The van der Waals surface area contributed by atoms with Gasteiger partial charge in [0.2, 0.25) is 0 Å². The number of nitrogens with one attached hydrogen (secondary N) is 1. The Hall–Kier alpha value is -2.44. The molecule has 3 aromatic rings. The topological polar surface area (TPSA) is 50.7 Å². The summed E-state index contributed by atoms with van der Waals surface area (Å²) in [5.74, 6) is 1.28. The highest BCUT2D eigenvalue weighted by molar-refractivity contribution is 9.10. The number of fused-ring (bicyclic) bond motifs is 1. The lowest BCUT2D eigenvalue weighted by Crippen LogP contribution is -2.14. The van der Waals surface area contributed by atoms with Crippen LogP contribution in [0.3, 0.4) is 0 Å². The van der Waals surface area contributed by atoms with E-state index in [1.54, 1.807) is 0 Å². The Labute approximate surface area is 179 Å². The Morgan fingerprint density at radius 3 is 2.21 bits per heavy atom. The first-order valence-electron chi connectivity index (χ1n) is 8.80. The monoisotopic (exact) mass is 498 g/mol. The number of nitrogens with zero attached hydrogens (tertiary/aromatic N) is 1. The van der Waals surface area contributed by atoms with Gasteiger partial charge in [0, 0.05) is 14.5 Å². The molecule has 28 heavy (non-hydrogen) atoms. The van der Waals surface area contributed by atoms with Crippen LogP contribution in [-0.2, 0) is 11.2 Å². The van der Waals surface area contributed by atoms with Gasteiger partial charge in [0.05, 0.1) is 11.4 Å². The minimum absolute atomic E-state index is 0.182. The van der Waals surface area contributed by atoms with E-state index >= 15 is 0 Å². The predicted octanol–water partition coefficient (Wildman–Crippen LogP) is 6.64. The Morgan fingerprint density at radius 1 is 0.929 bits per heavy atom. The van der Waals surface area contributed by atoms with Crippen molar-refractivity contribution in [2.75, 3.05) is 5.32 Å². The summed E-state index contributed by atoms with van der Waals surface area (Å²) in [4.78, 5) is 17.0. The fourth-order valence-electron chi connectivity index (χ4n) is 3.04. The maximum absolute atomic E-state index is 12.5. The number of rotatable bonds is 4. The molecular weight excluding hydrogens is 484 g/mol. The molecule has 0 bridgehead atoms. The first-order chi connectivity index (χ1) is 13.5. The Balaban J connectivity index is 1.61. The quantitative estimate of drug-likeness (QED) is 0.437. The largest absolute Gasteiger partial charge is 0.457 e. The number of halogens is 2. The number of ether oxygens (including phenoxy) is 1. The molecule has 1 heterocycles. The van der Waals surface area contributed by atoms with Gasteiger partial charge in [0.25, 0.3) is 5.91 Å². The molecule has 1 amide bonds. The van der Waals surface area contributed by atoms with Crippen molar-refractivity contribution in [1.82, 2.24) is 0 Å². The maximum atomic E-state index is 12.5. The summed E-state index contributed by atoms with van der Waals surface area (Å²) in [5, 5.41) is 2.94. The van der Waals surface area contributed by atoms with Gasteiger partial charge in [-0.2, -0.15) is 0 Å². The summed E-state index contributed by atoms with van der Waals surface area (Å²) < 4.78 is 7.76. The highest BCUT2D eigenvalue weighted by atomic mass is 79.9. The molecular formula is C22H16Br2N2O2. The van der Waals surface area contributed by atoms with Crippen molar-refractivity contribution in [1.29, 1.82) is 0 Å². The third kappa shape index (κ3) is 3.88. The van der Waals surface area contributed by atoms with Gasteiger partial charge < -0.3 is 10.1 Å². The highest BCUT2D eigenvalue weighted by Crippen LogP contribution is 2.33. The van der Waals surface area contributed by atoms with Crippen LogP contribution in [-0.4, -0.2) is 11.6 Å². The van der Waals surface area contributed by atoms with Gasteiger partial charge in [0.15, 0.2) is 0 Å². The van der Waals surface area contributed by atoms with Crippen molar-refractivity contribution in [3.05, 3.63) is 80.7 Å². The zero-order valence-corrected chi connectivity index (χ0v) is 18.2. The Morgan fingerprint density at radius 2 is 1.57 bits per heavy atom. The van der Waals surface area contributed by atoms with Crippen LogP contribution in [0.4, 0.5) is 11.4 Å². The van der Waals surface area contributed by atoms with Gasteiger partial charge in [0.1, 0.15) is 17.2 Å². The lowest BCUT2D eigenvalue weighted by atomic mass is 10.0. The minimum atomic E-state index is -0.182. The average molecular weight is 500 g/mol. The predicted molar refractivity (Wildman–Crippen MR) is 119 cm³/mol. The summed E-state index contributed by atoms with van der Waals surface area (Å²) >= 11 is 6.93. The second-order valence-electron chi connectivity index (χ2n) is 6.31. The summed E-state index contributed by atoms with van der Waals surface area (Å²) in [6.07, 6.45) is 0.831. The molecule has 140 valence electrons. The third-order valence-electron chi connectivity index (χ3n) is 4.40. The molecule has 0 radical (unpaired) electrons. The van der Waals surface area contributed by atoms with Crippen LogP contribution >= 0.6 is 31.9 Å². The van der Waals surface area contributed by atoms with Crippen molar-refractivity contribution in [3.8, 4) is 11.5 Å². The second-order valence-corrected chi connectivity index (χ2v) is 8.14. The number of carbonyl (C=O) groups excluding carboxylic acids is 1. The van der Waals surface area contributed by atoms with Gasteiger partial charge >= 0.3 is 0 Å². The summed E-state index contributed by atoms with van der Waals surface area (Å²) in [6, 6.07) is 18.9. The fourth-order valence-corrected chi connectivity index (χ4v) is 3.81. The smallest absolute Gasteiger partial charge is 0.275 e. The van der Waals surface area contributed by atoms with Crippen LogP contribution in [0, 0.1) is 0 Å². The SMILES string of the molecule is CCc1cc(Br)cc2c1NC(=O)C2=Nc1ccc(Oc2ccc(Br)cc2)cc1. The van der Waals surface area contributed by atoms with Crippen LogP contribution in [0.2, 0.25) is 0 Å². The molecule has 0 aliphatic carbocycles. The molecule has 0 aromatic heterocycles. The number of benzene rings is 3. The lowest BCUT2D eigenvalue weighted by Gasteiger charge is -2.07. The van der Waals surface area contributed by atoms with Crippen LogP contribution in [0.5, 0.6) is 11.5 Å². The Kier molecular flexibility index (Phi) is 5.33. The zero-order valence-electron chi connectivity index (χ0n) is 15.0. The highest BCUT2D eigenvalue weighted by Gasteiger charge is 2.28. The van der Waals surface area contributed by atoms with E-state index in [0.717, 1.165) is 37.9 Å². The van der Waals surface area contributed by atoms with E-state index in [9.17, 15) is 4.79 Å². The molecule has 1 aliphatic rings. The van der Waals surface area contributed by atoms with Crippen LogP contribution in [0.1, 0.15) is 18.1 Å². The number of hydrogen-bond donors (Lipinski definition) is 1. The number of aryl methyl sites for hydroxylation is 1. The fraction of sp³-hybridized carbons (Fsp3) is 0.0909. The molecule has 1 aliphatic heterocycles. The molecule has 0 saturated heterocycles. The van der Waals surface area contributed by atoms with E-state index in [1.165, 1.54) is 0 Å². The van der Waals surface area contributed by atoms with Crippen molar-refractivity contribution >= 4 is 54.9 Å². The summed E-state index contributed by atoms with van der Waals surface area (Å²) in [6.45, 7) is 2.06. The molecule has 1 N–H and O–H groups in total. The van der Waals surface area contributed by atoms with Crippen molar-refractivity contribution in [3.63, 3.8) is 0 Å². The van der Waals surface area contributed by atoms with E-state index in [-0.39, 0.29) is 5.91 Å². The summed E-state index contributed by atoms with van der Waals surface area (Å²) in [7, 11) is 0. The van der Waals surface area contributed by atoms with E-state index in [2.05, 4.69) is 49.1 Å². The van der Waals surface area contributed by atoms with Crippen molar-refractivity contribution in [2.45, 2.75) is 13.3 Å². The standard InChI is InChI=1S/C22H16Br2N2O2/c1-2-13-11-15(24)12-19-20(13)26-22(27)21(19)25-16-5-9-18(10-6-16)28-17-7-3-14(23)4-8-17/h3-12H,2H2,1H3,(H,25,26,27). The molecule has 0 atom stereocenters. The second kappa shape index (κ2) is 7.89. The zero-order chi connectivity index (χ0) is 19.7. The van der Waals surface area contributed by atoms with E-state index in [0.29, 0.717) is 17.1 Å². The van der Waals surface area contributed by atoms with Gasteiger partial charge in [-0.05, 0) is 72.6 Å². The first-order valence-corrected chi connectivity index (χ1v) is 10.4. The van der Waals surface area contributed by atoms with Crippen LogP contribution in [0.15, 0.2) is 74.6 Å². The molecule has 0 saturated carbocycles. The maximum Gasteiger partial charge on any atom is 0.275 e. The molecule has 4 nitrogen and oxygen atoms in total. The number of aliphatic imine (C=N–C) groups is 1. The van der Waals surface area contributed by atoms with Crippen molar-refractivity contribution < 1.29 is 9.53 Å². The number of amides is 1.